The quantitative estimate of drug-likeness (QED) is 0.724. The third-order valence-corrected chi connectivity index (χ3v) is 7.47. The average molecular weight is 475 g/mol. The van der Waals surface area contributed by atoms with Crippen molar-refractivity contribution in [3.8, 4) is 0 Å². The maximum atomic E-state index is 13.0. The molecular formula is C20H24F3N3O5S. The molecule has 0 bridgehead atoms. The highest BCUT2D eigenvalue weighted by Gasteiger charge is 2.52. The van der Waals surface area contributed by atoms with E-state index >= 15 is 0 Å². The van der Waals surface area contributed by atoms with Crippen molar-refractivity contribution in [1.82, 2.24) is 15.1 Å². The number of rotatable bonds is 3. The molecule has 0 radical (unpaired) electrons. The Labute approximate surface area is 183 Å². The van der Waals surface area contributed by atoms with Gasteiger partial charge in [0.1, 0.15) is 12.1 Å². The molecule has 3 heterocycles. The van der Waals surface area contributed by atoms with E-state index in [1.54, 1.807) is 9.80 Å². The predicted octanol–water partition coefficient (Wildman–Crippen LogP) is 2.28. The number of nitrogens with one attached hydrogen (secondary N) is 1. The number of piperidine rings is 1. The Morgan fingerprint density at radius 3 is 2.41 bits per heavy atom. The Bertz CT molecular complexity index is 1030. The van der Waals surface area contributed by atoms with Crippen LogP contribution >= 0.6 is 0 Å². The molecule has 3 aliphatic rings. The normalized spacial score (nSPS) is 21.3. The van der Waals surface area contributed by atoms with Crippen LogP contribution in [0.3, 0.4) is 0 Å². The van der Waals surface area contributed by atoms with E-state index in [0.717, 1.165) is 12.3 Å². The number of nitrogens with zero attached hydrogens (tertiary/aromatic N) is 2. The lowest BCUT2D eigenvalue weighted by molar-refractivity contribution is -0.137. The highest BCUT2D eigenvalue weighted by atomic mass is 32.2. The van der Waals surface area contributed by atoms with Crippen molar-refractivity contribution in [3.63, 3.8) is 0 Å². The van der Waals surface area contributed by atoms with Gasteiger partial charge < -0.3 is 19.9 Å². The van der Waals surface area contributed by atoms with Crippen LogP contribution in [-0.2, 0) is 27.2 Å². The molecule has 176 valence electrons. The minimum Gasteiger partial charge on any atom is -0.447 e. The highest BCUT2D eigenvalue weighted by Crippen LogP contribution is 2.34. The summed E-state index contributed by atoms with van der Waals surface area (Å²) in [6, 6.07) is 2.73. The smallest absolute Gasteiger partial charge is 0.416 e. The summed E-state index contributed by atoms with van der Waals surface area (Å²) in [6.07, 6.45) is -2.62. The molecular weight excluding hydrogens is 451 g/mol. The largest absolute Gasteiger partial charge is 0.447 e. The van der Waals surface area contributed by atoms with Gasteiger partial charge in [-0.15, -0.1) is 0 Å². The number of likely N-dealkylation sites (tertiary alicyclic amines) is 2. The van der Waals surface area contributed by atoms with E-state index in [1.807, 2.05) is 0 Å². The van der Waals surface area contributed by atoms with Gasteiger partial charge in [-0.2, -0.15) is 13.2 Å². The topological polar surface area (TPSA) is 96.0 Å². The fourth-order valence-corrected chi connectivity index (χ4v) is 5.54. The molecule has 0 saturated carbocycles. The first kappa shape index (κ1) is 22.7. The standard InChI is InChI=1S/C20H24F3N3O5S/c1-32(29,30)16-9-15(20(21,22)23)3-2-14(16)8-13-4-6-25(7-5-13)18(28)26-10-19(11-26)12-31-17(27)24-19/h2-3,9,13H,4-8,10-12H2,1H3,(H,24,27). The van der Waals surface area contributed by atoms with Gasteiger partial charge in [-0.3, -0.25) is 0 Å². The van der Waals surface area contributed by atoms with Crippen molar-refractivity contribution in [3.05, 3.63) is 29.3 Å². The van der Waals surface area contributed by atoms with Gasteiger partial charge in [0.2, 0.25) is 0 Å². The molecule has 3 amide bonds. The van der Waals surface area contributed by atoms with E-state index in [-0.39, 0.29) is 23.5 Å². The van der Waals surface area contributed by atoms with Gasteiger partial charge in [-0.25, -0.2) is 18.0 Å². The lowest BCUT2D eigenvalue weighted by Crippen LogP contribution is -2.71. The molecule has 0 atom stereocenters. The maximum absolute atomic E-state index is 13.0. The molecule has 3 aliphatic heterocycles. The molecule has 0 aliphatic carbocycles. The lowest BCUT2D eigenvalue weighted by Gasteiger charge is -2.48. The predicted molar refractivity (Wildman–Crippen MR) is 107 cm³/mol. The van der Waals surface area contributed by atoms with Crippen LogP contribution in [0.2, 0.25) is 0 Å². The Kier molecular flexibility index (Phi) is 5.54. The van der Waals surface area contributed by atoms with Crippen molar-refractivity contribution in [1.29, 1.82) is 0 Å². The van der Waals surface area contributed by atoms with Crippen LogP contribution in [0.4, 0.5) is 22.8 Å². The van der Waals surface area contributed by atoms with Crippen molar-refractivity contribution in [2.75, 3.05) is 39.0 Å². The number of carbonyl (C=O) groups is 2. The van der Waals surface area contributed by atoms with Crippen LogP contribution in [0.15, 0.2) is 23.1 Å². The zero-order valence-electron chi connectivity index (χ0n) is 17.4. The number of alkyl carbamates (subject to hydrolysis) is 1. The van der Waals surface area contributed by atoms with Gasteiger partial charge in [0.15, 0.2) is 9.84 Å². The Hall–Kier alpha value is -2.50. The molecule has 1 aromatic carbocycles. The fourth-order valence-electron chi connectivity index (χ4n) is 4.57. The second-order valence-corrected chi connectivity index (χ2v) is 10.8. The van der Waals surface area contributed by atoms with Crippen molar-refractivity contribution in [2.45, 2.75) is 35.9 Å². The summed E-state index contributed by atoms with van der Waals surface area (Å²) in [5.41, 5.74) is -1.11. The van der Waals surface area contributed by atoms with E-state index in [4.69, 9.17) is 4.74 Å². The summed E-state index contributed by atoms with van der Waals surface area (Å²) < 4.78 is 68.1. The first-order chi connectivity index (χ1) is 14.9. The zero-order chi connectivity index (χ0) is 23.3. The SMILES string of the molecule is CS(=O)(=O)c1cc(C(F)(F)F)ccc1CC1CCN(C(=O)N2CC3(COC(=O)N3)C2)CC1. The van der Waals surface area contributed by atoms with Gasteiger partial charge in [-0.1, -0.05) is 6.07 Å². The van der Waals surface area contributed by atoms with Gasteiger partial charge in [0.05, 0.1) is 23.5 Å². The fraction of sp³-hybridized carbons (Fsp3) is 0.600. The highest BCUT2D eigenvalue weighted by molar-refractivity contribution is 7.90. The number of halogens is 3. The maximum Gasteiger partial charge on any atom is 0.416 e. The number of amides is 3. The number of alkyl halides is 3. The van der Waals surface area contributed by atoms with Crippen LogP contribution in [0.25, 0.3) is 0 Å². The molecule has 8 nitrogen and oxygen atoms in total. The molecule has 1 N–H and O–H groups in total. The summed E-state index contributed by atoms with van der Waals surface area (Å²) in [6.45, 7) is 1.98. The summed E-state index contributed by atoms with van der Waals surface area (Å²) in [7, 11) is -3.82. The first-order valence-electron chi connectivity index (χ1n) is 10.3. The van der Waals surface area contributed by atoms with Crippen molar-refractivity contribution in [2.24, 2.45) is 5.92 Å². The number of carbonyl (C=O) groups excluding carboxylic acids is 2. The second-order valence-electron chi connectivity index (χ2n) is 8.85. The van der Waals surface area contributed by atoms with Crippen LogP contribution in [0.5, 0.6) is 0 Å². The van der Waals surface area contributed by atoms with E-state index in [1.165, 1.54) is 6.07 Å². The molecule has 0 aromatic heterocycles. The molecule has 32 heavy (non-hydrogen) atoms. The summed E-state index contributed by atoms with van der Waals surface area (Å²) in [5.74, 6) is 0.0570. The summed E-state index contributed by atoms with van der Waals surface area (Å²) >= 11 is 0. The van der Waals surface area contributed by atoms with Gasteiger partial charge in [-0.05, 0) is 42.9 Å². The number of urea groups is 1. The first-order valence-corrected chi connectivity index (χ1v) is 12.1. The molecule has 0 unspecified atom stereocenters. The number of benzene rings is 1. The third-order valence-electron chi connectivity index (χ3n) is 6.29. The molecule has 1 spiro atoms. The Morgan fingerprint density at radius 1 is 1.22 bits per heavy atom. The molecule has 3 fully saturated rings. The van der Waals surface area contributed by atoms with Crippen LogP contribution < -0.4 is 5.32 Å². The van der Waals surface area contributed by atoms with E-state index in [2.05, 4.69) is 5.32 Å². The van der Waals surface area contributed by atoms with E-state index in [0.29, 0.717) is 57.1 Å². The van der Waals surface area contributed by atoms with Crippen LogP contribution in [0.1, 0.15) is 24.0 Å². The zero-order valence-corrected chi connectivity index (χ0v) is 18.3. The minimum absolute atomic E-state index is 0.0570. The Morgan fingerprint density at radius 2 is 1.88 bits per heavy atom. The van der Waals surface area contributed by atoms with Gasteiger partial charge >= 0.3 is 18.3 Å². The average Bonchev–Trinajstić information content (AvgIpc) is 3.08. The number of ether oxygens (including phenoxy) is 1. The second kappa shape index (κ2) is 7.82. The number of hydrogen-bond acceptors (Lipinski definition) is 5. The molecule has 1 aromatic rings. The number of hydrogen-bond donors (Lipinski definition) is 1. The van der Waals surface area contributed by atoms with Crippen molar-refractivity contribution < 1.29 is 35.9 Å². The molecule has 12 heteroatoms. The molecule has 3 saturated heterocycles. The molecule has 4 rings (SSSR count). The summed E-state index contributed by atoms with van der Waals surface area (Å²) in [5, 5.41) is 2.73. The Balaban J connectivity index is 1.35. The number of cyclic esters (lactones) is 1. The van der Waals surface area contributed by atoms with E-state index in [9.17, 15) is 31.2 Å². The third kappa shape index (κ3) is 4.50. The minimum atomic E-state index is -4.62. The van der Waals surface area contributed by atoms with Crippen LogP contribution in [-0.4, -0.2) is 74.9 Å². The van der Waals surface area contributed by atoms with Crippen LogP contribution in [0, 0.1) is 5.92 Å². The monoisotopic (exact) mass is 475 g/mol. The lowest BCUT2D eigenvalue weighted by atomic mass is 9.89. The number of sulfone groups is 1. The van der Waals surface area contributed by atoms with Crippen molar-refractivity contribution >= 4 is 22.0 Å². The van der Waals surface area contributed by atoms with Gasteiger partial charge in [0, 0.05) is 19.3 Å². The van der Waals surface area contributed by atoms with Gasteiger partial charge in [0.25, 0.3) is 0 Å². The van der Waals surface area contributed by atoms with E-state index < -0.39 is 33.2 Å². The summed E-state index contributed by atoms with van der Waals surface area (Å²) in [4.78, 5) is 27.0.